The number of benzene rings is 1. The number of carbonyl (C=O) groups excluding carboxylic acids is 1. The summed E-state index contributed by atoms with van der Waals surface area (Å²) in [6, 6.07) is 8.16. The Kier molecular flexibility index (Phi) is 3.22. The summed E-state index contributed by atoms with van der Waals surface area (Å²) >= 11 is 0. The molecule has 2 rings (SSSR count). The maximum absolute atomic E-state index is 10.0. The number of rotatable bonds is 5. The predicted octanol–water partition coefficient (Wildman–Crippen LogP) is 1.34. The second-order valence-electron chi connectivity index (χ2n) is 3.64. The second-order valence-corrected chi connectivity index (χ2v) is 3.64. The smallest absolute Gasteiger partial charge is 0.293 e. The lowest BCUT2D eigenvalue weighted by atomic mass is 10.1. The third kappa shape index (κ3) is 2.23. The molecule has 0 aliphatic rings. The molecule has 0 atom stereocenters. The molecule has 1 aromatic carbocycles. The zero-order valence-electron chi connectivity index (χ0n) is 8.90. The maximum atomic E-state index is 10.0. The van der Waals surface area contributed by atoms with E-state index in [-0.39, 0.29) is 0 Å². The molecular weight excluding hydrogens is 204 g/mol. The maximum Gasteiger partial charge on any atom is 0.293 e. The van der Waals surface area contributed by atoms with Crippen LogP contribution in [0.5, 0.6) is 0 Å². The van der Waals surface area contributed by atoms with E-state index in [0.717, 1.165) is 22.2 Å². The minimum absolute atomic E-state index is 0.403. The molecule has 0 unspecified atom stereocenters. The van der Waals surface area contributed by atoms with Crippen LogP contribution in [0, 0.1) is 0 Å². The van der Waals surface area contributed by atoms with Crippen molar-refractivity contribution in [2.24, 2.45) is 5.73 Å². The minimum atomic E-state index is 0.403. The van der Waals surface area contributed by atoms with Crippen molar-refractivity contribution in [3.05, 3.63) is 35.5 Å². The highest BCUT2D eigenvalue weighted by atomic mass is 16.5. The van der Waals surface area contributed by atoms with Crippen molar-refractivity contribution >= 4 is 17.4 Å². The van der Waals surface area contributed by atoms with Gasteiger partial charge >= 0.3 is 0 Å². The summed E-state index contributed by atoms with van der Waals surface area (Å²) in [7, 11) is 0. The lowest BCUT2D eigenvalue weighted by Crippen LogP contribution is -1.96. The van der Waals surface area contributed by atoms with Crippen LogP contribution in [0.4, 0.5) is 0 Å². The quantitative estimate of drug-likeness (QED) is 0.588. The number of hydrogen-bond acceptors (Lipinski definition) is 3. The van der Waals surface area contributed by atoms with Gasteiger partial charge in [0.1, 0.15) is 0 Å². The average Bonchev–Trinajstić information content (AvgIpc) is 2.70. The van der Waals surface area contributed by atoms with Gasteiger partial charge in [-0.2, -0.15) is 0 Å². The molecule has 2 aromatic rings. The summed E-state index contributed by atoms with van der Waals surface area (Å²) in [5, 5.41) is 1.15. The molecule has 84 valence electrons. The van der Waals surface area contributed by atoms with E-state index >= 15 is 0 Å². The van der Waals surface area contributed by atoms with Gasteiger partial charge in [-0.1, -0.05) is 12.1 Å². The Bertz CT molecular complexity index is 491. The first-order valence-corrected chi connectivity index (χ1v) is 5.19. The highest BCUT2D eigenvalue weighted by molar-refractivity contribution is 5.81. The molecule has 0 radical (unpaired) electrons. The molecule has 0 aliphatic heterocycles. The SMILES string of the molecule is NCc1ccc2cc(CCOC=O)[nH]c2c1. The van der Waals surface area contributed by atoms with E-state index < -0.39 is 0 Å². The van der Waals surface area contributed by atoms with Crippen molar-refractivity contribution in [3.8, 4) is 0 Å². The molecule has 1 heterocycles. The Balaban J connectivity index is 2.19. The van der Waals surface area contributed by atoms with E-state index in [1.165, 1.54) is 0 Å². The third-order valence-corrected chi connectivity index (χ3v) is 2.54. The molecular formula is C12H14N2O2. The molecule has 16 heavy (non-hydrogen) atoms. The molecule has 0 amide bonds. The first-order chi connectivity index (χ1) is 7.83. The molecule has 0 saturated carbocycles. The van der Waals surface area contributed by atoms with Gasteiger partial charge in [0.05, 0.1) is 6.61 Å². The fourth-order valence-electron chi connectivity index (χ4n) is 1.71. The van der Waals surface area contributed by atoms with Crippen LogP contribution in [-0.4, -0.2) is 18.1 Å². The van der Waals surface area contributed by atoms with Crippen LogP contribution in [0.1, 0.15) is 11.3 Å². The molecule has 0 spiro atoms. The predicted molar refractivity (Wildman–Crippen MR) is 61.9 cm³/mol. The van der Waals surface area contributed by atoms with Gasteiger partial charge in [-0.3, -0.25) is 4.79 Å². The summed E-state index contributed by atoms with van der Waals surface area (Å²) in [6.07, 6.45) is 0.700. The second kappa shape index (κ2) is 4.81. The molecule has 1 aromatic heterocycles. The van der Waals surface area contributed by atoms with Crippen molar-refractivity contribution in [2.45, 2.75) is 13.0 Å². The number of fused-ring (bicyclic) bond motifs is 1. The Labute approximate surface area is 93.4 Å². The topological polar surface area (TPSA) is 68.1 Å². The standard InChI is InChI=1S/C12H14N2O2/c13-7-9-1-2-10-6-11(3-4-16-8-15)14-12(10)5-9/h1-2,5-6,8,14H,3-4,7,13H2. The summed E-state index contributed by atoms with van der Waals surface area (Å²) < 4.78 is 4.66. The third-order valence-electron chi connectivity index (χ3n) is 2.54. The fraction of sp³-hybridized carbons (Fsp3) is 0.250. The van der Waals surface area contributed by atoms with Gasteiger partial charge in [-0.25, -0.2) is 0 Å². The zero-order chi connectivity index (χ0) is 11.4. The number of nitrogens with one attached hydrogen (secondary N) is 1. The van der Waals surface area contributed by atoms with E-state index in [0.29, 0.717) is 26.0 Å². The number of ether oxygens (including phenoxy) is 1. The molecule has 0 aliphatic carbocycles. The number of hydrogen-bond donors (Lipinski definition) is 2. The van der Waals surface area contributed by atoms with E-state index in [2.05, 4.69) is 15.8 Å². The molecule has 0 bridgehead atoms. The van der Waals surface area contributed by atoms with Gasteiger partial charge in [-0.15, -0.1) is 0 Å². The Morgan fingerprint density at radius 1 is 1.38 bits per heavy atom. The van der Waals surface area contributed by atoms with Crippen LogP contribution in [0.2, 0.25) is 0 Å². The summed E-state index contributed by atoms with van der Waals surface area (Å²) in [5.74, 6) is 0. The van der Waals surface area contributed by atoms with Crippen molar-refractivity contribution in [1.82, 2.24) is 4.98 Å². The number of aromatic amines is 1. The molecule has 4 heteroatoms. The first-order valence-electron chi connectivity index (χ1n) is 5.19. The Morgan fingerprint density at radius 3 is 3.00 bits per heavy atom. The Morgan fingerprint density at radius 2 is 2.25 bits per heavy atom. The molecule has 4 nitrogen and oxygen atoms in total. The Hall–Kier alpha value is -1.81. The van der Waals surface area contributed by atoms with Gasteiger partial charge in [0.15, 0.2) is 0 Å². The van der Waals surface area contributed by atoms with E-state index in [1.807, 2.05) is 18.2 Å². The van der Waals surface area contributed by atoms with Crippen LogP contribution in [0.3, 0.4) is 0 Å². The van der Waals surface area contributed by atoms with Crippen LogP contribution >= 0.6 is 0 Å². The van der Waals surface area contributed by atoms with Crippen LogP contribution in [0.15, 0.2) is 24.3 Å². The molecule has 0 fully saturated rings. The number of aromatic nitrogens is 1. The van der Waals surface area contributed by atoms with Crippen LogP contribution < -0.4 is 5.73 Å². The highest BCUT2D eigenvalue weighted by Gasteiger charge is 2.01. The minimum Gasteiger partial charge on any atom is -0.467 e. The van der Waals surface area contributed by atoms with E-state index in [1.54, 1.807) is 0 Å². The first kappa shape index (κ1) is 10.7. The van der Waals surface area contributed by atoms with Gasteiger partial charge in [0, 0.05) is 24.2 Å². The number of nitrogens with two attached hydrogens (primary N) is 1. The van der Waals surface area contributed by atoms with Crippen LogP contribution in [-0.2, 0) is 22.5 Å². The van der Waals surface area contributed by atoms with Crippen molar-refractivity contribution in [2.75, 3.05) is 6.61 Å². The normalized spacial score (nSPS) is 10.6. The number of H-pyrrole nitrogens is 1. The van der Waals surface area contributed by atoms with Crippen molar-refractivity contribution in [1.29, 1.82) is 0 Å². The average molecular weight is 218 g/mol. The largest absolute Gasteiger partial charge is 0.467 e. The summed E-state index contributed by atoms with van der Waals surface area (Å²) in [6.45, 7) is 1.41. The zero-order valence-corrected chi connectivity index (χ0v) is 8.90. The lowest BCUT2D eigenvalue weighted by Gasteiger charge is -1.96. The summed E-state index contributed by atoms with van der Waals surface area (Å²) in [4.78, 5) is 13.3. The van der Waals surface area contributed by atoms with E-state index in [4.69, 9.17) is 5.73 Å². The van der Waals surface area contributed by atoms with Crippen molar-refractivity contribution < 1.29 is 9.53 Å². The van der Waals surface area contributed by atoms with Gasteiger partial charge in [0.25, 0.3) is 6.47 Å². The number of carbonyl (C=O) groups is 1. The van der Waals surface area contributed by atoms with Gasteiger partial charge < -0.3 is 15.5 Å². The lowest BCUT2D eigenvalue weighted by molar-refractivity contribution is -0.128. The van der Waals surface area contributed by atoms with Gasteiger partial charge in [-0.05, 0) is 23.1 Å². The summed E-state index contributed by atoms with van der Waals surface area (Å²) in [5.41, 5.74) is 8.81. The monoisotopic (exact) mass is 218 g/mol. The molecule has 0 saturated heterocycles. The highest BCUT2D eigenvalue weighted by Crippen LogP contribution is 2.17. The van der Waals surface area contributed by atoms with Crippen LogP contribution in [0.25, 0.3) is 10.9 Å². The van der Waals surface area contributed by atoms with Crippen molar-refractivity contribution in [3.63, 3.8) is 0 Å². The van der Waals surface area contributed by atoms with E-state index in [9.17, 15) is 4.79 Å². The fourth-order valence-corrected chi connectivity index (χ4v) is 1.71. The molecule has 3 N–H and O–H groups in total. The van der Waals surface area contributed by atoms with Gasteiger partial charge in [0.2, 0.25) is 0 Å².